The third-order valence-electron chi connectivity index (χ3n) is 8.06. The van der Waals surface area contributed by atoms with Crippen LogP contribution in [0.15, 0.2) is 133 Å². The summed E-state index contributed by atoms with van der Waals surface area (Å²) in [4.78, 5) is 0. The zero-order valence-electron chi connectivity index (χ0n) is 21.7. The summed E-state index contributed by atoms with van der Waals surface area (Å²) in [6.45, 7) is 4.69. The van der Waals surface area contributed by atoms with E-state index in [-0.39, 0.29) is 5.41 Å². The quantitative estimate of drug-likeness (QED) is 0.261. The number of benzene rings is 6. The Morgan fingerprint density at radius 3 is 1.89 bits per heavy atom. The van der Waals surface area contributed by atoms with Crippen molar-refractivity contribution >= 4 is 22.1 Å². The zero-order valence-corrected chi connectivity index (χ0v) is 21.7. The first kappa shape index (κ1) is 22.6. The number of hydrogen-bond donors (Lipinski definition) is 1. The molecule has 182 valence electrons. The first-order valence-corrected chi connectivity index (χ1v) is 13.3. The van der Waals surface area contributed by atoms with Gasteiger partial charge in [0.05, 0.1) is 0 Å². The molecule has 0 spiro atoms. The largest absolute Gasteiger partial charge is 0.356 e. The zero-order chi connectivity index (χ0) is 25.7. The molecule has 0 saturated carbocycles. The maximum atomic E-state index is 3.57. The van der Waals surface area contributed by atoms with Gasteiger partial charge in [-0.3, -0.25) is 0 Å². The average molecular weight is 488 g/mol. The maximum absolute atomic E-state index is 3.57. The van der Waals surface area contributed by atoms with Crippen LogP contribution in [0.4, 0.5) is 11.4 Å². The Morgan fingerprint density at radius 1 is 0.447 bits per heavy atom. The Morgan fingerprint density at radius 2 is 1.08 bits per heavy atom. The predicted molar refractivity (Wildman–Crippen MR) is 162 cm³/mol. The Balaban J connectivity index is 1.22. The van der Waals surface area contributed by atoms with Gasteiger partial charge in [0.25, 0.3) is 0 Å². The van der Waals surface area contributed by atoms with Crippen LogP contribution < -0.4 is 5.32 Å². The van der Waals surface area contributed by atoms with E-state index in [9.17, 15) is 0 Å². The molecule has 0 fully saturated rings. The summed E-state index contributed by atoms with van der Waals surface area (Å²) in [5.41, 5.74) is 12.6. The minimum absolute atomic E-state index is 0.0715. The number of hydrogen-bond acceptors (Lipinski definition) is 1. The van der Waals surface area contributed by atoms with Crippen LogP contribution in [-0.4, -0.2) is 0 Å². The lowest BCUT2D eigenvalue weighted by molar-refractivity contribution is 0.661. The molecule has 6 aromatic carbocycles. The monoisotopic (exact) mass is 487 g/mol. The number of para-hydroxylation sites is 1. The summed E-state index contributed by atoms with van der Waals surface area (Å²) in [7, 11) is 0. The van der Waals surface area contributed by atoms with Crippen molar-refractivity contribution in [2.45, 2.75) is 19.3 Å². The van der Waals surface area contributed by atoms with E-state index in [1.807, 2.05) is 6.07 Å². The van der Waals surface area contributed by atoms with Crippen molar-refractivity contribution in [2.24, 2.45) is 0 Å². The highest BCUT2D eigenvalue weighted by molar-refractivity contribution is 5.97. The van der Waals surface area contributed by atoms with Crippen LogP contribution in [0, 0.1) is 0 Å². The summed E-state index contributed by atoms with van der Waals surface area (Å²) in [6.07, 6.45) is 0. The van der Waals surface area contributed by atoms with Crippen molar-refractivity contribution in [3.8, 4) is 33.4 Å². The van der Waals surface area contributed by atoms with E-state index in [0.717, 1.165) is 11.4 Å². The van der Waals surface area contributed by atoms with Crippen LogP contribution in [0.25, 0.3) is 44.2 Å². The topological polar surface area (TPSA) is 12.0 Å². The standard InChI is InChI=1S/C37H29N/c1-37(2)35-23-28(25-15-17-27(18-16-25)32-14-8-10-26-9-6-7-13-31(26)32)19-21-33(35)34-22-20-30(24-36(34)37)38-29-11-4-3-5-12-29/h3-24,38H,1-2H3. The summed E-state index contributed by atoms with van der Waals surface area (Å²) in [5.74, 6) is 0. The van der Waals surface area contributed by atoms with Gasteiger partial charge in [-0.1, -0.05) is 117 Å². The fourth-order valence-electron chi connectivity index (χ4n) is 6.00. The van der Waals surface area contributed by atoms with Crippen LogP contribution in [-0.2, 0) is 5.41 Å². The molecule has 1 aliphatic carbocycles. The smallest absolute Gasteiger partial charge is 0.0387 e. The highest BCUT2D eigenvalue weighted by atomic mass is 14.9. The van der Waals surface area contributed by atoms with Gasteiger partial charge in [0.2, 0.25) is 0 Å². The molecule has 1 aliphatic rings. The number of fused-ring (bicyclic) bond motifs is 4. The molecule has 0 aliphatic heterocycles. The number of anilines is 2. The minimum atomic E-state index is -0.0715. The molecule has 0 saturated heterocycles. The van der Waals surface area contributed by atoms with Crippen molar-refractivity contribution in [3.05, 3.63) is 145 Å². The predicted octanol–water partition coefficient (Wildman–Crippen LogP) is 10.2. The van der Waals surface area contributed by atoms with Crippen LogP contribution in [0.1, 0.15) is 25.0 Å². The molecule has 0 unspecified atom stereocenters. The summed E-state index contributed by atoms with van der Waals surface area (Å²) >= 11 is 0. The first-order chi connectivity index (χ1) is 18.6. The molecule has 38 heavy (non-hydrogen) atoms. The van der Waals surface area contributed by atoms with Crippen LogP contribution in [0.5, 0.6) is 0 Å². The molecule has 0 amide bonds. The molecule has 0 atom stereocenters. The summed E-state index contributed by atoms with van der Waals surface area (Å²) in [5, 5.41) is 6.13. The Bertz CT molecular complexity index is 1790. The summed E-state index contributed by atoms with van der Waals surface area (Å²) < 4.78 is 0. The molecule has 1 heteroatoms. The lowest BCUT2D eigenvalue weighted by atomic mass is 9.81. The van der Waals surface area contributed by atoms with E-state index in [2.05, 4.69) is 147 Å². The third-order valence-corrected chi connectivity index (χ3v) is 8.06. The van der Waals surface area contributed by atoms with E-state index in [1.54, 1.807) is 0 Å². The molecule has 0 aromatic heterocycles. The average Bonchev–Trinajstić information content (AvgIpc) is 3.19. The van der Waals surface area contributed by atoms with Gasteiger partial charge >= 0.3 is 0 Å². The summed E-state index contributed by atoms with van der Waals surface area (Å²) in [6, 6.07) is 48.3. The van der Waals surface area contributed by atoms with E-state index < -0.39 is 0 Å². The van der Waals surface area contributed by atoms with Gasteiger partial charge in [-0.05, 0) is 85.6 Å². The SMILES string of the molecule is CC1(C)c2cc(Nc3ccccc3)ccc2-c2ccc(-c3ccc(-c4cccc5ccccc45)cc3)cc21. The van der Waals surface area contributed by atoms with Gasteiger partial charge in [-0.2, -0.15) is 0 Å². The van der Waals surface area contributed by atoms with Gasteiger partial charge in [-0.25, -0.2) is 0 Å². The molecular weight excluding hydrogens is 458 g/mol. The second-order valence-corrected chi connectivity index (χ2v) is 10.7. The highest BCUT2D eigenvalue weighted by Gasteiger charge is 2.35. The number of nitrogens with one attached hydrogen (secondary N) is 1. The molecular formula is C37H29N. The van der Waals surface area contributed by atoms with Gasteiger partial charge in [-0.15, -0.1) is 0 Å². The normalized spacial score (nSPS) is 13.2. The molecule has 6 aromatic rings. The molecule has 1 N–H and O–H groups in total. The highest BCUT2D eigenvalue weighted by Crippen LogP contribution is 2.50. The molecule has 1 nitrogen and oxygen atoms in total. The Labute approximate surface area is 224 Å². The fourth-order valence-corrected chi connectivity index (χ4v) is 6.00. The number of rotatable bonds is 4. The third kappa shape index (κ3) is 3.71. The lowest BCUT2D eigenvalue weighted by Crippen LogP contribution is -2.15. The fraction of sp³-hybridized carbons (Fsp3) is 0.0811. The van der Waals surface area contributed by atoms with E-state index in [0.29, 0.717) is 0 Å². The van der Waals surface area contributed by atoms with E-state index in [4.69, 9.17) is 0 Å². The van der Waals surface area contributed by atoms with Crippen molar-refractivity contribution in [2.75, 3.05) is 5.32 Å². The van der Waals surface area contributed by atoms with Crippen molar-refractivity contribution in [1.82, 2.24) is 0 Å². The van der Waals surface area contributed by atoms with Gasteiger partial charge < -0.3 is 5.32 Å². The van der Waals surface area contributed by atoms with Gasteiger partial charge in [0, 0.05) is 16.8 Å². The first-order valence-electron chi connectivity index (χ1n) is 13.3. The lowest BCUT2D eigenvalue weighted by Gasteiger charge is -2.23. The van der Waals surface area contributed by atoms with Crippen molar-refractivity contribution in [1.29, 1.82) is 0 Å². The van der Waals surface area contributed by atoms with E-state index in [1.165, 1.54) is 55.3 Å². The maximum Gasteiger partial charge on any atom is 0.0387 e. The Kier molecular flexibility index (Phi) is 5.19. The Hall–Kier alpha value is -4.62. The molecule has 0 bridgehead atoms. The van der Waals surface area contributed by atoms with E-state index >= 15 is 0 Å². The molecule has 7 rings (SSSR count). The van der Waals surface area contributed by atoms with Crippen LogP contribution in [0.2, 0.25) is 0 Å². The second kappa shape index (κ2) is 8.75. The second-order valence-electron chi connectivity index (χ2n) is 10.7. The van der Waals surface area contributed by atoms with Crippen LogP contribution >= 0.6 is 0 Å². The van der Waals surface area contributed by atoms with Gasteiger partial charge in [0.15, 0.2) is 0 Å². The van der Waals surface area contributed by atoms with Gasteiger partial charge in [0.1, 0.15) is 0 Å². The molecule has 0 heterocycles. The molecule has 0 radical (unpaired) electrons. The van der Waals surface area contributed by atoms with Crippen LogP contribution in [0.3, 0.4) is 0 Å². The van der Waals surface area contributed by atoms with Crippen molar-refractivity contribution in [3.63, 3.8) is 0 Å². The van der Waals surface area contributed by atoms with Crippen molar-refractivity contribution < 1.29 is 0 Å². The minimum Gasteiger partial charge on any atom is -0.356 e.